The normalized spacial score (nSPS) is 25.8. The molecule has 6 heteroatoms. The number of nitrogens with zero attached hydrogens (tertiary/aromatic N) is 2. The van der Waals surface area contributed by atoms with Crippen LogP contribution in [0.4, 0.5) is 0 Å². The van der Waals surface area contributed by atoms with Crippen LogP contribution in [0, 0.1) is 17.8 Å². The molecular weight excluding hydrogens is 360 g/mol. The van der Waals surface area contributed by atoms with E-state index in [4.69, 9.17) is 0 Å². The number of benzene rings is 1. The Labute approximate surface area is 163 Å². The maximum absolute atomic E-state index is 12.9. The van der Waals surface area contributed by atoms with Gasteiger partial charge in [0.05, 0.1) is 0 Å². The molecule has 2 aliphatic heterocycles. The van der Waals surface area contributed by atoms with Gasteiger partial charge in [0.1, 0.15) is 0 Å². The maximum atomic E-state index is 12.9. The molecule has 0 N–H and O–H groups in total. The molecule has 2 atom stereocenters. The van der Waals surface area contributed by atoms with Crippen molar-refractivity contribution in [1.82, 2.24) is 9.21 Å². The number of likely N-dealkylation sites (tertiary alicyclic amines) is 1. The summed E-state index contributed by atoms with van der Waals surface area (Å²) in [6.07, 6.45) is 4.02. The van der Waals surface area contributed by atoms with Gasteiger partial charge < -0.3 is 4.90 Å². The topological polar surface area (TPSA) is 57.7 Å². The van der Waals surface area contributed by atoms with E-state index >= 15 is 0 Å². The number of sulfonamides is 1. The van der Waals surface area contributed by atoms with E-state index in [1.807, 2.05) is 35.2 Å². The zero-order chi connectivity index (χ0) is 19.4. The second kappa shape index (κ2) is 8.57. The van der Waals surface area contributed by atoms with E-state index < -0.39 is 10.0 Å². The predicted molar refractivity (Wildman–Crippen MR) is 108 cm³/mol. The highest BCUT2D eigenvalue weighted by Gasteiger charge is 2.34. The van der Waals surface area contributed by atoms with E-state index in [0.29, 0.717) is 37.8 Å². The minimum absolute atomic E-state index is 0.0490. The minimum atomic E-state index is -3.45. The van der Waals surface area contributed by atoms with Crippen LogP contribution in [0.2, 0.25) is 0 Å². The van der Waals surface area contributed by atoms with Gasteiger partial charge in [-0.2, -0.15) is 4.31 Å². The Morgan fingerprint density at radius 2 is 1.63 bits per heavy atom. The molecule has 0 bridgehead atoms. The van der Waals surface area contributed by atoms with Crippen LogP contribution in [0.15, 0.2) is 35.7 Å². The number of rotatable bonds is 4. The van der Waals surface area contributed by atoms with Crippen LogP contribution in [0.5, 0.6) is 0 Å². The Morgan fingerprint density at radius 1 is 1.04 bits per heavy atom. The highest BCUT2D eigenvalue weighted by molar-refractivity contribution is 7.92. The average Bonchev–Trinajstić information content (AvgIpc) is 2.66. The van der Waals surface area contributed by atoms with E-state index in [1.165, 1.54) is 16.1 Å². The first-order valence-electron chi connectivity index (χ1n) is 9.87. The molecule has 1 aromatic rings. The van der Waals surface area contributed by atoms with Gasteiger partial charge in [-0.1, -0.05) is 44.2 Å². The van der Waals surface area contributed by atoms with Crippen LogP contribution in [-0.2, 0) is 14.8 Å². The molecule has 1 amide bonds. The molecule has 3 rings (SSSR count). The van der Waals surface area contributed by atoms with E-state index in [9.17, 15) is 13.2 Å². The SMILES string of the molecule is CC1CC(C)CN(C(=O)C2CCN(S(=O)(=O)/C=C/c3ccccc3)CC2)C1. The molecule has 2 heterocycles. The zero-order valence-corrected chi connectivity index (χ0v) is 17.1. The van der Waals surface area contributed by atoms with E-state index in [1.54, 1.807) is 6.08 Å². The molecule has 0 aromatic heterocycles. The fourth-order valence-corrected chi connectivity index (χ4v) is 5.49. The standard InChI is InChI=1S/C21H30N2O3S/c1-17-14-18(2)16-22(15-17)21(24)20-8-11-23(12-9-20)27(25,26)13-10-19-6-4-3-5-7-19/h3-7,10,13,17-18,20H,8-9,11-12,14-16H2,1-2H3/b13-10+. The molecule has 2 fully saturated rings. The van der Waals surface area contributed by atoms with Crippen LogP contribution in [0.1, 0.15) is 38.7 Å². The van der Waals surface area contributed by atoms with Crippen molar-refractivity contribution >= 4 is 22.0 Å². The Morgan fingerprint density at radius 3 is 2.22 bits per heavy atom. The summed E-state index contributed by atoms with van der Waals surface area (Å²) in [5.74, 6) is 1.25. The van der Waals surface area contributed by atoms with Crippen molar-refractivity contribution in [1.29, 1.82) is 0 Å². The quantitative estimate of drug-likeness (QED) is 0.793. The number of piperidine rings is 2. The van der Waals surface area contributed by atoms with Crippen molar-refractivity contribution < 1.29 is 13.2 Å². The van der Waals surface area contributed by atoms with Gasteiger partial charge in [0, 0.05) is 37.5 Å². The molecule has 2 unspecified atom stereocenters. The molecule has 1 aromatic carbocycles. The molecule has 0 saturated carbocycles. The molecule has 148 valence electrons. The lowest BCUT2D eigenvalue weighted by Gasteiger charge is -2.38. The summed E-state index contributed by atoms with van der Waals surface area (Å²) in [5.41, 5.74) is 0.861. The van der Waals surface area contributed by atoms with Crippen molar-refractivity contribution in [3.63, 3.8) is 0 Å². The van der Waals surface area contributed by atoms with Gasteiger partial charge in [-0.05, 0) is 42.7 Å². The third-order valence-electron chi connectivity index (χ3n) is 5.58. The summed E-state index contributed by atoms with van der Waals surface area (Å²) in [7, 11) is -3.45. The Hall–Kier alpha value is -1.66. The molecule has 27 heavy (non-hydrogen) atoms. The zero-order valence-electron chi connectivity index (χ0n) is 16.3. The molecule has 2 aliphatic rings. The summed E-state index contributed by atoms with van der Waals surface area (Å²) in [6.45, 7) is 6.89. The van der Waals surface area contributed by atoms with Crippen molar-refractivity contribution in [2.24, 2.45) is 17.8 Å². The third-order valence-corrected chi connectivity index (χ3v) is 7.14. The Bertz CT molecular complexity index is 758. The van der Waals surface area contributed by atoms with Crippen LogP contribution in [0.3, 0.4) is 0 Å². The van der Waals surface area contributed by atoms with Gasteiger partial charge in [0.25, 0.3) is 0 Å². The van der Waals surface area contributed by atoms with Gasteiger partial charge in [0.2, 0.25) is 15.9 Å². The number of amides is 1. The van der Waals surface area contributed by atoms with E-state index in [-0.39, 0.29) is 11.8 Å². The second-order valence-electron chi connectivity index (χ2n) is 8.12. The lowest BCUT2D eigenvalue weighted by atomic mass is 9.89. The second-order valence-corrected chi connectivity index (χ2v) is 9.94. The minimum Gasteiger partial charge on any atom is -0.342 e. The number of carbonyl (C=O) groups is 1. The van der Waals surface area contributed by atoms with Crippen LogP contribution in [-0.4, -0.2) is 49.7 Å². The average molecular weight is 391 g/mol. The van der Waals surface area contributed by atoms with Gasteiger partial charge in [-0.3, -0.25) is 4.79 Å². The fraction of sp³-hybridized carbons (Fsp3) is 0.571. The number of hydrogen-bond acceptors (Lipinski definition) is 3. The van der Waals surface area contributed by atoms with Crippen LogP contribution in [0.25, 0.3) is 6.08 Å². The maximum Gasteiger partial charge on any atom is 0.236 e. The van der Waals surface area contributed by atoms with Crippen LogP contribution >= 0.6 is 0 Å². The Balaban J connectivity index is 1.56. The predicted octanol–water partition coefficient (Wildman–Crippen LogP) is 3.20. The third kappa shape index (κ3) is 5.20. The summed E-state index contributed by atoms with van der Waals surface area (Å²) in [4.78, 5) is 14.9. The summed E-state index contributed by atoms with van der Waals surface area (Å²) in [5, 5.41) is 1.28. The van der Waals surface area contributed by atoms with Crippen molar-refractivity contribution in [2.45, 2.75) is 33.1 Å². The fourth-order valence-electron chi connectivity index (χ4n) is 4.27. The first-order chi connectivity index (χ1) is 12.8. The molecule has 0 spiro atoms. The van der Waals surface area contributed by atoms with Gasteiger partial charge in [0.15, 0.2) is 0 Å². The summed E-state index contributed by atoms with van der Waals surface area (Å²) in [6, 6.07) is 9.41. The number of carbonyl (C=O) groups excluding carboxylic acids is 1. The summed E-state index contributed by atoms with van der Waals surface area (Å²) < 4.78 is 26.6. The monoisotopic (exact) mass is 390 g/mol. The van der Waals surface area contributed by atoms with E-state index in [2.05, 4.69) is 13.8 Å². The van der Waals surface area contributed by atoms with Gasteiger partial charge in [-0.15, -0.1) is 0 Å². The van der Waals surface area contributed by atoms with Crippen molar-refractivity contribution in [3.05, 3.63) is 41.3 Å². The summed E-state index contributed by atoms with van der Waals surface area (Å²) >= 11 is 0. The molecule has 0 aliphatic carbocycles. The first-order valence-corrected chi connectivity index (χ1v) is 11.4. The lowest BCUT2D eigenvalue weighted by molar-refractivity contribution is -0.139. The molecule has 2 saturated heterocycles. The van der Waals surface area contributed by atoms with Gasteiger partial charge in [-0.25, -0.2) is 8.42 Å². The molecule has 0 radical (unpaired) electrons. The smallest absolute Gasteiger partial charge is 0.236 e. The van der Waals surface area contributed by atoms with Gasteiger partial charge >= 0.3 is 0 Å². The first kappa shape index (κ1) is 20.1. The highest BCUT2D eigenvalue weighted by Crippen LogP contribution is 2.27. The molecule has 5 nitrogen and oxygen atoms in total. The Kier molecular flexibility index (Phi) is 6.37. The largest absolute Gasteiger partial charge is 0.342 e. The number of hydrogen-bond donors (Lipinski definition) is 0. The van der Waals surface area contributed by atoms with Crippen molar-refractivity contribution in [3.8, 4) is 0 Å². The highest BCUT2D eigenvalue weighted by atomic mass is 32.2. The van der Waals surface area contributed by atoms with E-state index in [0.717, 1.165) is 18.7 Å². The lowest BCUT2D eigenvalue weighted by Crippen LogP contribution is -2.48. The van der Waals surface area contributed by atoms with Crippen LogP contribution < -0.4 is 0 Å². The van der Waals surface area contributed by atoms with Crippen molar-refractivity contribution in [2.75, 3.05) is 26.2 Å². The molecular formula is C21H30N2O3S.